The Hall–Kier alpha value is -1.75. The maximum atomic E-state index is 10.8. The Labute approximate surface area is 92.2 Å². The average molecular weight is 224 g/mol. The van der Waals surface area contributed by atoms with Gasteiger partial charge in [0.25, 0.3) is 0 Å². The first kappa shape index (κ1) is 10.8. The molecule has 1 unspecified atom stereocenters. The van der Waals surface area contributed by atoms with Crippen molar-refractivity contribution in [2.24, 2.45) is 0 Å². The van der Waals surface area contributed by atoms with Gasteiger partial charge in [0.1, 0.15) is 13.2 Å². The first-order chi connectivity index (χ1) is 7.61. The second-order valence-electron chi connectivity index (χ2n) is 3.56. The summed E-state index contributed by atoms with van der Waals surface area (Å²) in [6.45, 7) is 2.51. The number of benzene rings is 1. The molecule has 1 aromatic carbocycles. The molecule has 0 aromatic heterocycles. The molecule has 0 spiro atoms. The fourth-order valence-corrected chi connectivity index (χ4v) is 1.70. The number of aliphatic hydroxyl groups is 1. The highest BCUT2D eigenvalue weighted by molar-refractivity contribution is 5.76. The predicted molar refractivity (Wildman–Crippen MR) is 54.8 cm³/mol. The Morgan fingerprint density at radius 2 is 2.06 bits per heavy atom. The summed E-state index contributed by atoms with van der Waals surface area (Å²) in [5.74, 6) is -0.487. The smallest absolute Gasteiger partial charge is 0.337 e. The van der Waals surface area contributed by atoms with Crippen LogP contribution in [0.2, 0.25) is 0 Å². The molecule has 0 saturated carbocycles. The van der Waals surface area contributed by atoms with Gasteiger partial charge in [0.2, 0.25) is 0 Å². The molecular weight excluding hydrogens is 212 g/mol. The van der Waals surface area contributed by atoms with Gasteiger partial charge in [-0.15, -0.1) is 0 Å². The number of carbonyl (C=O) groups is 1. The van der Waals surface area contributed by atoms with Gasteiger partial charge in [-0.25, -0.2) is 4.79 Å². The third-order valence-corrected chi connectivity index (χ3v) is 2.47. The second kappa shape index (κ2) is 4.02. The van der Waals surface area contributed by atoms with E-state index in [0.29, 0.717) is 30.3 Å². The fraction of sp³-hybridized carbons (Fsp3) is 0.364. The SMILES string of the molecule is Cc1ccc2c(c1C(O)C(=O)O)OCCO2. The summed E-state index contributed by atoms with van der Waals surface area (Å²) >= 11 is 0. The van der Waals surface area contributed by atoms with Gasteiger partial charge in [-0.05, 0) is 18.6 Å². The fourth-order valence-electron chi connectivity index (χ4n) is 1.70. The lowest BCUT2D eigenvalue weighted by Gasteiger charge is -2.23. The summed E-state index contributed by atoms with van der Waals surface area (Å²) in [6.07, 6.45) is -1.59. The number of aliphatic carboxylic acids is 1. The highest BCUT2D eigenvalue weighted by Gasteiger charge is 2.27. The maximum absolute atomic E-state index is 10.8. The van der Waals surface area contributed by atoms with Gasteiger partial charge < -0.3 is 19.7 Å². The van der Waals surface area contributed by atoms with Crippen LogP contribution in [0.4, 0.5) is 0 Å². The molecule has 2 rings (SSSR count). The molecule has 5 heteroatoms. The van der Waals surface area contributed by atoms with Crippen LogP contribution in [-0.2, 0) is 4.79 Å². The molecule has 0 fully saturated rings. The first-order valence-electron chi connectivity index (χ1n) is 4.91. The van der Waals surface area contributed by atoms with Crippen LogP contribution in [0.15, 0.2) is 12.1 Å². The van der Waals surface area contributed by atoms with Gasteiger partial charge in [0.15, 0.2) is 17.6 Å². The van der Waals surface area contributed by atoms with E-state index in [4.69, 9.17) is 14.6 Å². The zero-order chi connectivity index (χ0) is 11.7. The van der Waals surface area contributed by atoms with Crippen molar-refractivity contribution in [3.8, 4) is 11.5 Å². The van der Waals surface area contributed by atoms with Gasteiger partial charge >= 0.3 is 5.97 Å². The van der Waals surface area contributed by atoms with Crippen LogP contribution < -0.4 is 9.47 Å². The highest BCUT2D eigenvalue weighted by atomic mass is 16.6. The lowest BCUT2D eigenvalue weighted by Crippen LogP contribution is -2.20. The van der Waals surface area contributed by atoms with Crippen molar-refractivity contribution >= 4 is 5.97 Å². The van der Waals surface area contributed by atoms with Crippen LogP contribution in [0.25, 0.3) is 0 Å². The first-order valence-corrected chi connectivity index (χ1v) is 4.91. The molecule has 1 atom stereocenters. The third kappa shape index (κ3) is 1.69. The molecule has 2 N–H and O–H groups in total. The summed E-state index contributed by atoms with van der Waals surface area (Å²) in [5.41, 5.74) is 0.934. The lowest BCUT2D eigenvalue weighted by atomic mass is 10.0. The molecule has 1 aromatic rings. The normalized spacial score (nSPS) is 15.6. The molecule has 1 aliphatic rings. The second-order valence-corrected chi connectivity index (χ2v) is 3.56. The Morgan fingerprint density at radius 3 is 2.75 bits per heavy atom. The number of rotatable bonds is 2. The third-order valence-electron chi connectivity index (χ3n) is 2.47. The molecule has 0 bridgehead atoms. The van der Waals surface area contributed by atoms with Crippen molar-refractivity contribution < 1.29 is 24.5 Å². The minimum absolute atomic E-state index is 0.268. The van der Waals surface area contributed by atoms with Crippen molar-refractivity contribution in [2.75, 3.05) is 13.2 Å². The van der Waals surface area contributed by atoms with Crippen molar-refractivity contribution in [3.63, 3.8) is 0 Å². The quantitative estimate of drug-likeness (QED) is 0.780. The van der Waals surface area contributed by atoms with E-state index in [2.05, 4.69) is 0 Å². The maximum Gasteiger partial charge on any atom is 0.337 e. The molecular formula is C11H12O5. The monoisotopic (exact) mass is 224 g/mol. The van der Waals surface area contributed by atoms with E-state index in [9.17, 15) is 9.90 Å². The minimum Gasteiger partial charge on any atom is -0.486 e. The average Bonchev–Trinajstić information content (AvgIpc) is 2.28. The van der Waals surface area contributed by atoms with Gasteiger partial charge in [-0.2, -0.15) is 0 Å². The van der Waals surface area contributed by atoms with E-state index in [1.807, 2.05) is 0 Å². The number of fused-ring (bicyclic) bond motifs is 1. The summed E-state index contributed by atoms with van der Waals surface area (Å²) in [5, 5.41) is 18.4. The standard InChI is InChI=1S/C11H12O5/c1-6-2-3-7-10(16-5-4-15-7)8(6)9(12)11(13)14/h2-3,9,12H,4-5H2,1H3,(H,13,14). The van der Waals surface area contributed by atoms with Crippen LogP contribution in [0.5, 0.6) is 11.5 Å². The van der Waals surface area contributed by atoms with Crippen molar-refractivity contribution in [3.05, 3.63) is 23.3 Å². The van der Waals surface area contributed by atoms with Crippen molar-refractivity contribution in [2.45, 2.75) is 13.0 Å². The van der Waals surface area contributed by atoms with Gasteiger partial charge in [0.05, 0.1) is 0 Å². The Bertz CT molecular complexity index is 427. The molecule has 1 heterocycles. The van der Waals surface area contributed by atoms with E-state index >= 15 is 0 Å². The number of aliphatic hydroxyl groups excluding tert-OH is 1. The summed E-state index contributed by atoms with van der Waals surface area (Å²) in [6, 6.07) is 3.41. The number of hydrogen-bond acceptors (Lipinski definition) is 4. The number of hydrogen-bond donors (Lipinski definition) is 2. The number of carboxylic acids is 1. The zero-order valence-electron chi connectivity index (χ0n) is 8.77. The van der Waals surface area contributed by atoms with Crippen LogP contribution in [0.3, 0.4) is 0 Å². The van der Waals surface area contributed by atoms with Gasteiger partial charge in [0, 0.05) is 5.56 Å². The lowest BCUT2D eigenvalue weighted by molar-refractivity contribution is -0.147. The van der Waals surface area contributed by atoms with E-state index in [1.54, 1.807) is 19.1 Å². The number of ether oxygens (including phenoxy) is 2. The molecule has 0 amide bonds. The molecule has 1 aliphatic heterocycles. The van der Waals surface area contributed by atoms with Crippen LogP contribution in [-0.4, -0.2) is 29.4 Å². The van der Waals surface area contributed by atoms with Crippen molar-refractivity contribution in [1.82, 2.24) is 0 Å². The van der Waals surface area contributed by atoms with E-state index < -0.39 is 12.1 Å². The molecule has 0 aliphatic carbocycles. The van der Waals surface area contributed by atoms with Crippen LogP contribution in [0, 0.1) is 6.92 Å². The molecule has 16 heavy (non-hydrogen) atoms. The molecule has 86 valence electrons. The van der Waals surface area contributed by atoms with E-state index in [0.717, 1.165) is 0 Å². The molecule has 0 saturated heterocycles. The Balaban J connectivity index is 2.53. The topological polar surface area (TPSA) is 76.0 Å². The van der Waals surface area contributed by atoms with Gasteiger partial charge in [-0.1, -0.05) is 6.07 Å². The van der Waals surface area contributed by atoms with Crippen LogP contribution in [0.1, 0.15) is 17.2 Å². The van der Waals surface area contributed by atoms with E-state index in [1.165, 1.54) is 0 Å². The summed E-state index contributed by atoms with van der Waals surface area (Å²) in [4.78, 5) is 10.8. The Kier molecular flexibility index (Phi) is 2.70. The van der Waals surface area contributed by atoms with Crippen molar-refractivity contribution in [1.29, 1.82) is 0 Å². The van der Waals surface area contributed by atoms with Gasteiger partial charge in [-0.3, -0.25) is 0 Å². The molecule has 0 radical (unpaired) electrons. The van der Waals surface area contributed by atoms with Crippen LogP contribution >= 0.6 is 0 Å². The highest BCUT2D eigenvalue weighted by Crippen LogP contribution is 2.39. The summed E-state index contributed by atoms with van der Waals surface area (Å²) < 4.78 is 10.7. The number of aryl methyl sites for hydroxylation is 1. The summed E-state index contributed by atoms with van der Waals surface area (Å²) in [7, 11) is 0. The Morgan fingerprint density at radius 1 is 1.38 bits per heavy atom. The number of carboxylic acid groups (broad SMARTS) is 1. The zero-order valence-corrected chi connectivity index (χ0v) is 8.77. The molecule has 5 nitrogen and oxygen atoms in total. The predicted octanol–water partition coefficient (Wildman–Crippen LogP) is 0.884. The largest absolute Gasteiger partial charge is 0.486 e. The van der Waals surface area contributed by atoms with E-state index in [-0.39, 0.29) is 5.56 Å². The minimum atomic E-state index is -1.59.